The number of amides is 2. The number of likely N-dealkylation sites (tertiary alicyclic amines) is 1. The van der Waals surface area contributed by atoms with Crippen molar-refractivity contribution in [1.82, 2.24) is 10.2 Å². The van der Waals surface area contributed by atoms with Gasteiger partial charge in [-0.05, 0) is 25.0 Å². The Bertz CT molecular complexity index is 853. The van der Waals surface area contributed by atoms with Gasteiger partial charge >= 0.3 is 0 Å². The molecule has 0 aromatic heterocycles. The van der Waals surface area contributed by atoms with Crippen LogP contribution < -0.4 is 14.8 Å². The molecule has 29 heavy (non-hydrogen) atoms. The summed E-state index contributed by atoms with van der Waals surface area (Å²) >= 11 is 0. The number of nitrogens with zero attached hydrogens (tertiary/aromatic N) is 1. The van der Waals surface area contributed by atoms with E-state index in [1.54, 1.807) is 14.2 Å². The van der Waals surface area contributed by atoms with E-state index in [-0.39, 0.29) is 23.8 Å². The molecule has 0 spiro atoms. The van der Waals surface area contributed by atoms with Gasteiger partial charge in [-0.3, -0.25) is 9.59 Å². The van der Waals surface area contributed by atoms with Gasteiger partial charge in [-0.15, -0.1) is 0 Å². The van der Waals surface area contributed by atoms with Gasteiger partial charge in [-0.25, -0.2) is 0 Å². The molecular formula is C23H28N2O4. The molecule has 2 atom stereocenters. The van der Waals surface area contributed by atoms with Crippen molar-refractivity contribution in [3.8, 4) is 11.5 Å². The molecule has 1 fully saturated rings. The minimum Gasteiger partial charge on any atom is -0.493 e. The Morgan fingerprint density at radius 2 is 1.86 bits per heavy atom. The molecule has 1 saturated heterocycles. The quantitative estimate of drug-likeness (QED) is 0.780. The zero-order valence-corrected chi connectivity index (χ0v) is 17.2. The molecule has 0 saturated carbocycles. The van der Waals surface area contributed by atoms with E-state index in [4.69, 9.17) is 9.47 Å². The maximum absolute atomic E-state index is 13.2. The zero-order valence-electron chi connectivity index (χ0n) is 17.2. The Labute approximate surface area is 171 Å². The fourth-order valence-corrected chi connectivity index (χ4v) is 4.07. The number of methoxy groups -OCH3 is 2. The SMILES string of the molecule is CCN1C(=O)CC[C@@H](C(=O)NCc2cccc(OC)c2OC)[C@@H]1c1ccccc1. The highest BCUT2D eigenvalue weighted by Crippen LogP contribution is 2.37. The third-order valence-electron chi connectivity index (χ3n) is 5.46. The molecule has 2 aromatic carbocycles. The van der Waals surface area contributed by atoms with E-state index in [2.05, 4.69) is 5.32 Å². The molecule has 0 aliphatic carbocycles. The number of nitrogens with one attached hydrogen (secondary N) is 1. The number of ether oxygens (including phenoxy) is 2. The molecule has 154 valence electrons. The Balaban J connectivity index is 1.81. The molecule has 1 aliphatic rings. The van der Waals surface area contributed by atoms with Gasteiger partial charge in [0, 0.05) is 25.1 Å². The van der Waals surface area contributed by atoms with E-state index in [1.807, 2.05) is 60.4 Å². The third-order valence-corrected chi connectivity index (χ3v) is 5.46. The summed E-state index contributed by atoms with van der Waals surface area (Å²) in [6.45, 7) is 2.86. The molecular weight excluding hydrogens is 368 g/mol. The van der Waals surface area contributed by atoms with Crippen LogP contribution in [-0.4, -0.2) is 37.5 Å². The number of rotatable bonds is 7. The summed E-state index contributed by atoms with van der Waals surface area (Å²) in [5.41, 5.74) is 1.83. The van der Waals surface area contributed by atoms with Crippen molar-refractivity contribution in [2.75, 3.05) is 20.8 Å². The predicted octanol–water partition coefficient (Wildman–Crippen LogP) is 3.32. The smallest absolute Gasteiger partial charge is 0.225 e. The Kier molecular flexibility index (Phi) is 6.75. The summed E-state index contributed by atoms with van der Waals surface area (Å²) in [4.78, 5) is 27.4. The van der Waals surface area contributed by atoms with Gasteiger partial charge < -0.3 is 19.7 Å². The Morgan fingerprint density at radius 1 is 1.10 bits per heavy atom. The maximum Gasteiger partial charge on any atom is 0.225 e. The van der Waals surface area contributed by atoms with Crippen LogP contribution in [0.3, 0.4) is 0 Å². The summed E-state index contributed by atoms with van der Waals surface area (Å²) in [5.74, 6) is 0.979. The molecule has 6 heteroatoms. The fourth-order valence-electron chi connectivity index (χ4n) is 4.07. The monoisotopic (exact) mass is 396 g/mol. The van der Waals surface area contributed by atoms with E-state index in [0.29, 0.717) is 37.4 Å². The fraction of sp³-hybridized carbons (Fsp3) is 0.391. The maximum atomic E-state index is 13.2. The van der Waals surface area contributed by atoms with Crippen LogP contribution in [0.4, 0.5) is 0 Å². The topological polar surface area (TPSA) is 67.9 Å². The molecule has 1 N–H and O–H groups in total. The highest BCUT2D eigenvalue weighted by Gasteiger charge is 2.39. The first-order valence-corrected chi connectivity index (χ1v) is 9.92. The van der Waals surface area contributed by atoms with Gasteiger partial charge in [0.2, 0.25) is 11.8 Å². The molecule has 2 aromatic rings. The number of hydrogen-bond acceptors (Lipinski definition) is 4. The number of hydrogen-bond donors (Lipinski definition) is 1. The normalized spacial score (nSPS) is 19.0. The van der Waals surface area contributed by atoms with Crippen LogP contribution in [0.2, 0.25) is 0 Å². The van der Waals surface area contributed by atoms with Gasteiger partial charge in [0.15, 0.2) is 11.5 Å². The number of benzene rings is 2. The van der Waals surface area contributed by atoms with Crippen LogP contribution in [-0.2, 0) is 16.1 Å². The van der Waals surface area contributed by atoms with Crippen molar-refractivity contribution in [2.24, 2.45) is 5.92 Å². The molecule has 0 unspecified atom stereocenters. The van der Waals surface area contributed by atoms with Crippen LogP contribution in [0.1, 0.15) is 36.9 Å². The van der Waals surface area contributed by atoms with Gasteiger partial charge in [-0.1, -0.05) is 42.5 Å². The number of para-hydroxylation sites is 1. The number of piperidine rings is 1. The second kappa shape index (κ2) is 9.45. The van der Waals surface area contributed by atoms with E-state index < -0.39 is 0 Å². The first kappa shape index (κ1) is 20.7. The van der Waals surface area contributed by atoms with Crippen LogP contribution in [0.5, 0.6) is 11.5 Å². The van der Waals surface area contributed by atoms with Gasteiger partial charge in [-0.2, -0.15) is 0 Å². The summed E-state index contributed by atoms with van der Waals surface area (Å²) in [5, 5.41) is 3.04. The highest BCUT2D eigenvalue weighted by atomic mass is 16.5. The van der Waals surface area contributed by atoms with E-state index in [1.165, 1.54) is 0 Å². The van der Waals surface area contributed by atoms with Crippen molar-refractivity contribution in [3.63, 3.8) is 0 Å². The average Bonchev–Trinajstić information content (AvgIpc) is 2.77. The lowest BCUT2D eigenvalue weighted by Crippen LogP contribution is -2.47. The van der Waals surface area contributed by atoms with Gasteiger partial charge in [0.25, 0.3) is 0 Å². The van der Waals surface area contributed by atoms with Crippen molar-refractivity contribution in [1.29, 1.82) is 0 Å². The first-order chi connectivity index (χ1) is 14.1. The van der Waals surface area contributed by atoms with Gasteiger partial charge in [0.1, 0.15) is 0 Å². The second-order valence-electron chi connectivity index (χ2n) is 7.05. The minimum atomic E-state index is -0.299. The van der Waals surface area contributed by atoms with Crippen molar-refractivity contribution in [3.05, 3.63) is 59.7 Å². The third kappa shape index (κ3) is 4.36. The van der Waals surface area contributed by atoms with Crippen molar-refractivity contribution in [2.45, 2.75) is 32.4 Å². The Morgan fingerprint density at radius 3 is 2.52 bits per heavy atom. The second-order valence-corrected chi connectivity index (χ2v) is 7.05. The molecule has 1 heterocycles. The standard InChI is InChI=1S/C23H28N2O4/c1-4-25-20(26)14-13-18(21(25)16-9-6-5-7-10-16)23(27)24-15-17-11-8-12-19(28-2)22(17)29-3/h5-12,18,21H,4,13-15H2,1-3H3,(H,24,27)/t18-,21+/m1/s1. The number of carbonyl (C=O) groups is 2. The van der Waals surface area contributed by atoms with E-state index in [9.17, 15) is 9.59 Å². The van der Waals surface area contributed by atoms with E-state index >= 15 is 0 Å². The van der Waals surface area contributed by atoms with Crippen LogP contribution in [0, 0.1) is 5.92 Å². The van der Waals surface area contributed by atoms with Crippen LogP contribution >= 0.6 is 0 Å². The largest absolute Gasteiger partial charge is 0.493 e. The lowest BCUT2D eigenvalue weighted by molar-refractivity contribution is -0.143. The zero-order chi connectivity index (χ0) is 20.8. The van der Waals surface area contributed by atoms with Gasteiger partial charge in [0.05, 0.1) is 26.2 Å². The van der Waals surface area contributed by atoms with Crippen LogP contribution in [0.25, 0.3) is 0 Å². The molecule has 0 radical (unpaired) electrons. The molecule has 6 nitrogen and oxygen atoms in total. The van der Waals surface area contributed by atoms with Crippen LogP contribution in [0.15, 0.2) is 48.5 Å². The lowest BCUT2D eigenvalue weighted by atomic mass is 9.83. The minimum absolute atomic E-state index is 0.0605. The summed E-state index contributed by atoms with van der Waals surface area (Å²) in [6.07, 6.45) is 0.924. The average molecular weight is 396 g/mol. The summed E-state index contributed by atoms with van der Waals surface area (Å²) < 4.78 is 10.8. The molecule has 2 amide bonds. The molecule has 1 aliphatic heterocycles. The summed E-state index contributed by atoms with van der Waals surface area (Å²) in [6, 6.07) is 15.1. The van der Waals surface area contributed by atoms with E-state index in [0.717, 1.165) is 11.1 Å². The highest BCUT2D eigenvalue weighted by molar-refractivity contribution is 5.85. The first-order valence-electron chi connectivity index (χ1n) is 9.92. The lowest BCUT2D eigenvalue weighted by Gasteiger charge is -2.40. The summed E-state index contributed by atoms with van der Waals surface area (Å²) in [7, 11) is 3.17. The predicted molar refractivity (Wildman–Crippen MR) is 111 cm³/mol. The molecule has 0 bridgehead atoms. The Hall–Kier alpha value is -3.02. The molecule has 3 rings (SSSR count). The number of carbonyl (C=O) groups excluding carboxylic acids is 2. The van der Waals surface area contributed by atoms with Crippen molar-refractivity contribution < 1.29 is 19.1 Å². The van der Waals surface area contributed by atoms with Crippen molar-refractivity contribution >= 4 is 11.8 Å².